The molecule has 0 atom stereocenters. The van der Waals surface area contributed by atoms with Gasteiger partial charge in [0.05, 0.1) is 0 Å². The zero-order valence-electron chi connectivity index (χ0n) is 16.6. The number of rotatable bonds is 6. The highest BCUT2D eigenvalue weighted by atomic mass is 15.0. The fourth-order valence-corrected chi connectivity index (χ4v) is 3.73. The summed E-state index contributed by atoms with van der Waals surface area (Å²) in [6.07, 6.45) is 5.18. The van der Waals surface area contributed by atoms with E-state index < -0.39 is 0 Å². The van der Waals surface area contributed by atoms with E-state index in [4.69, 9.17) is 0 Å². The second-order valence-electron chi connectivity index (χ2n) is 7.88. The first kappa shape index (κ1) is 18.7. The van der Waals surface area contributed by atoms with E-state index in [9.17, 15) is 0 Å². The van der Waals surface area contributed by atoms with Gasteiger partial charge >= 0.3 is 0 Å². The van der Waals surface area contributed by atoms with Crippen LogP contribution >= 0.6 is 0 Å². The lowest BCUT2D eigenvalue weighted by Crippen LogP contribution is -2.25. The first-order valence-corrected chi connectivity index (χ1v) is 9.87. The van der Waals surface area contributed by atoms with E-state index in [1.807, 2.05) is 13.8 Å². The highest BCUT2D eigenvalue weighted by Gasteiger charge is 2.21. The molecule has 2 N–H and O–H groups in total. The zero-order valence-corrected chi connectivity index (χ0v) is 16.6. The molecule has 1 saturated carbocycles. The van der Waals surface area contributed by atoms with E-state index >= 15 is 0 Å². The van der Waals surface area contributed by atoms with Crippen LogP contribution < -0.4 is 10.6 Å². The van der Waals surface area contributed by atoms with E-state index in [0.717, 1.165) is 47.9 Å². The van der Waals surface area contributed by atoms with Gasteiger partial charge in [-0.25, -0.2) is 9.97 Å². The van der Waals surface area contributed by atoms with Gasteiger partial charge in [-0.1, -0.05) is 12.1 Å². The molecular weight excluding hydrogens is 320 g/mol. The van der Waals surface area contributed by atoms with Crippen LogP contribution in [0.5, 0.6) is 0 Å². The number of pyridine rings is 2. The average molecular weight is 353 g/mol. The fraction of sp³-hybridized carbons (Fsp3) is 0.545. The SMILES string of the molecule is Cc1ccc(C)c(NCC2CCC(CNc3nc(C)ccc3C)CC2)n1. The van der Waals surface area contributed by atoms with Crippen molar-refractivity contribution in [2.75, 3.05) is 23.7 Å². The lowest BCUT2D eigenvalue weighted by atomic mass is 9.82. The molecular formula is C22H32N4. The molecule has 1 fully saturated rings. The minimum absolute atomic E-state index is 0.756. The molecule has 2 aromatic heterocycles. The van der Waals surface area contributed by atoms with Crippen LogP contribution in [0, 0.1) is 39.5 Å². The highest BCUT2D eigenvalue weighted by molar-refractivity contribution is 5.44. The van der Waals surface area contributed by atoms with E-state index in [1.165, 1.54) is 36.8 Å². The second kappa shape index (κ2) is 8.52. The van der Waals surface area contributed by atoms with Gasteiger partial charge in [-0.15, -0.1) is 0 Å². The molecule has 2 heterocycles. The maximum Gasteiger partial charge on any atom is 0.129 e. The van der Waals surface area contributed by atoms with Crippen molar-refractivity contribution in [3.05, 3.63) is 46.8 Å². The van der Waals surface area contributed by atoms with E-state index in [1.54, 1.807) is 0 Å². The largest absolute Gasteiger partial charge is 0.370 e. The Morgan fingerprint density at radius 3 is 1.46 bits per heavy atom. The number of hydrogen-bond donors (Lipinski definition) is 2. The number of aryl methyl sites for hydroxylation is 4. The number of anilines is 2. The van der Waals surface area contributed by atoms with Crippen LogP contribution in [-0.2, 0) is 0 Å². The molecule has 2 aromatic rings. The third kappa shape index (κ3) is 4.96. The molecule has 140 valence electrons. The summed E-state index contributed by atoms with van der Waals surface area (Å²) in [5, 5.41) is 7.15. The standard InChI is InChI=1S/C22H32N4/c1-15-5-7-17(3)25-21(15)23-13-19-9-11-20(12-10-19)14-24-22-16(2)6-8-18(4)26-22/h5-8,19-20H,9-14H2,1-4H3,(H,23,25)(H,24,26). The van der Waals surface area contributed by atoms with Crippen LogP contribution in [0.15, 0.2) is 24.3 Å². The van der Waals surface area contributed by atoms with Gasteiger partial charge in [0.2, 0.25) is 0 Å². The van der Waals surface area contributed by atoms with Gasteiger partial charge in [0, 0.05) is 24.5 Å². The van der Waals surface area contributed by atoms with Gasteiger partial charge in [-0.2, -0.15) is 0 Å². The van der Waals surface area contributed by atoms with Gasteiger partial charge in [0.1, 0.15) is 11.6 Å². The average Bonchev–Trinajstić information content (AvgIpc) is 2.64. The Bertz CT molecular complexity index is 669. The highest BCUT2D eigenvalue weighted by Crippen LogP contribution is 2.29. The summed E-state index contributed by atoms with van der Waals surface area (Å²) in [4.78, 5) is 9.24. The van der Waals surface area contributed by atoms with Crippen molar-refractivity contribution in [2.45, 2.75) is 53.4 Å². The van der Waals surface area contributed by atoms with Crippen molar-refractivity contribution in [1.82, 2.24) is 9.97 Å². The molecule has 0 unspecified atom stereocenters. The molecule has 0 aromatic carbocycles. The Balaban J connectivity index is 1.43. The summed E-state index contributed by atoms with van der Waals surface area (Å²) < 4.78 is 0. The molecule has 3 rings (SSSR count). The second-order valence-corrected chi connectivity index (χ2v) is 7.88. The molecule has 4 nitrogen and oxygen atoms in total. The lowest BCUT2D eigenvalue weighted by molar-refractivity contribution is 0.293. The van der Waals surface area contributed by atoms with Crippen molar-refractivity contribution in [3.63, 3.8) is 0 Å². The molecule has 4 heteroatoms. The third-order valence-electron chi connectivity index (χ3n) is 5.56. The summed E-state index contributed by atoms with van der Waals surface area (Å²) >= 11 is 0. The van der Waals surface area contributed by atoms with E-state index in [-0.39, 0.29) is 0 Å². The molecule has 0 saturated heterocycles. The predicted octanol–water partition coefficient (Wildman–Crippen LogP) is 5.04. The summed E-state index contributed by atoms with van der Waals surface area (Å²) in [5.74, 6) is 3.61. The minimum Gasteiger partial charge on any atom is -0.370 e. The quantitative estimate of drug-likeness (QED) is 0.764. The first-order valence-electron chi connectivity index (χ1n) is 9.87. The van der Waals surface area contributed by atoms with Crippen LogP contribution in [0.25, 0.3) is 0 Å². The third-order valence-corrected chi connectivity index (χ3v) is 5.56. The monoisotopic (exact) mass is 352 g/mol. The maximum absolute atomic E-state index is 4.62. The Labute approximate surface area is 157 Å². The fourth-order valence-electron chi connectivity index (χ4n) is 3.73. The minimum atomic E-state index is 0.756. The van der Waals surface area contributed by atoms with Crippen LogP contribution in [0.2, 0.25) is 0 Å². The summed E-state index contributed by atoms with van der Waals surface area (Å²) in [5.41, 5.74) is 4.62. The lowest BCUT2D eigenvalue weighted by Gasteiger charge is -2.29. The number of nitrogens with one attached hydrogen (secondary N) is 2. The molecule has 26 heavy (non-hydrogen) atoms. The Morgan fingerprint density at radius 1 is 0.692 bits per heavy atom. The summed E-state index contributed by atoms with van der Waals surface area (Å²) in [6, 6.07) is 8.44. The summed E-state index contributed by atoms with van der Waals surface area (Å²) in [6.45, 7) is 10.4. The van der Waals surface area contributed by atoms with Crippen LogP contribution in [0.4, 0.5) is 11.6 Å². The number of nitrogens with zero attached hydrogens (tertiary/aromatic N) is 2. The van der Waals surface area contributed by atoms with Crippen molar-refractivity contribution in [3.8, 4) is 0 Å². The van der Waals surface area contributed by atoms with Gasteiger partial charge in [-0.3, -0.25) is 0 Å². The normalized spacial score (nSPS) is 20.0. The predicted molar refractivity (Wildman–Crippen MR) is 110 cm³/mol. The Morgan fingerprint density at radius 2 is 1.08 bits per heavy atom. The van der Waals surface area contributed by atoms with Crippen LogP contribution in [0.3, 0.4) is 0 Å². The van der Waals surface area contributed by atoms with Gasteiger partial charge in [0.25, 0.3) is 0 Å². The molecule has 0 bridgehead atoms. The van der Waals surface area contributed by atoms with Crippen molar-refractivity contribution >= 4 is 11.6 Å². The summed E-state index contributed by atoms with van der Waals surface area (Å²) in [7, 11) is 0. The number of hydrogen-bond acceptors (Lipinski definition) is 4. The maximum atomic E-state index is 4.62. The molecule has 0 amide bonds. The van der Waals surface area contributed by atoms with Gasteiger partial charge in [0.15, 0.2) is 0 Å². The topological polar surface area (TPSA) is 49.8 Å². The van der Waals surface area contributed by atoms with Crippen LogP contribution in [-0.4, -0.2) is 23.1 Å². The Hall–Kier alpha value is -2.10. The molecule has 0 radical (unpaired) electrons. The van der Waals surface area contributed by atoms with Gasteiger partial charge in [-0.05, 0) is 88.5 Å². The van der Waals surface area contributed by atoms with E-state index in [0.29, 0.717) is 0 Å². The molecule has 1 aliphatic carbocycles. The molecule has 0 spiro atoms. The van der Waals surface area contributed by atoms with E-state index in [2.05, 4.69) is 58.7 Å². The smallest absolute Gasteiger partial charge is 0.129 e. The molecule has 0 aliphatic heterocycles. The van der Waals surface area contributed by atoms with Crippen molar-refractivity contribution in [1.29, 1.82) is 0 Å². The molecule has 1 aliphatic rings. The van der Waals surface area contributed by atoms with Crippen LogP contribution in [0.1, 0.15) is 48.2 Å². The first-order chi connectivity index (χ1) is 12.5. The van der Waals surface area contributed by atoms with Crippen molar-refractivity contribution < 1.29 is 0 Å². The van der Waals surface area contributed by atoms with Gasteiger partial charge < -0.3 is 10.6 Å². The Kier molecular flexibility index (Phi) is 6.12. The number of aromatic nitrogens is 2. The van der Waals surface area contributed by atoms with Crippen molar-refractivity contribution in [2.24, 2.45) is 11.8 Å². The zero-order chi connectivity index (χ0) is 18.5.